The average Bonchev–Trinajstić information content (AvgIpc) is 2.97. The maximum atomic E-state index is 3.70. The predicted molar refractivity (Wildman–Crippen MR) is 87.2 cm³/mol. The minimum absolute atomic E-state index is 0.598. The fourth-order valence-electron chi connectivity index (χ4n) is 3.04. The molecule has 2 atom stereocenters. The van der Waals surface area contributed by atoms with Gasteiger partial charge in [-0.15, -0.1) is 0 Å². The quantitative estimate of drug-likeness (QED) is 0.820. The molecule has 0 bridgehead atoms. The summed E-state index contributed by atoms with van der Waals surface area (Å²) in [5.41, 5.74) is 2.83. The van der Waals surface area contributed by atoms with Gasteiger partial charge in [0.1, 0.15) is 0 Å². The normalized spacial score (nSPS) is 19.1. The third-order valence-corrected chi connectivity index (χ3v) is 4.47. The lowest BCUT2D eigenvalue weighted by atomic mass is 10.0. The number of hydrogen-bond acceptors (Lipinski definition) is 2. The summed E-state index contributed by atoms with van der Waals surface area (Å²) in [6.45, 7) is 10.5. The third kappa shape index (κ3) is 4.92. The monoisotopic (exact) mass is 274 g/mol. The van der Waals surface area contributed by atoms with Gasteiger partial charge in [-0.25, -0.2) is 0 Å². The zero-order chi connectivity index (χ0) is 14.4. The van der Waals surface area contributed by atoms with E-state index in [0.29, 0.717) is 12.1 Å². The standard InChI is InChI=1S/C18H30N2/c1-15-7-6-8-18(13-15)10-9-16(2)19-14-17(3)20-11-4-5-12-20/h6-8,13,16-17,19H,4-5,9-12,14H2,1-3H3. The van der Waals surface area contributed by atoms with Crippen LogP contribution in [0.4, 0.5) is 0 Å². The summed E-state index contributed by atoms with van der Waals surface area (Å²) >= 11 is 0. The molecular formula is C18H30N2. The van der Waals surface area contributed by atoms with Crippen LogP contribution in [-0.4, -0.2) is 36.6 Å². The molecule has 0 amide bonds. The molecule has 0 spiro atoms. The highest BCUT2D eigenvalue weighted by molar-refractivity contribution is 5.22. The lowest BCUT2D eigenvalue weighted by Crippen LogP contribution is -2.41. The van der Waals surface area contributed by atoms with E-state index in [1.807, 2.05) is 0 Å². The van der Waals surface area contributed by atoms with Crippen molar-refractivity contribution in [2.75, 3.05) is 19.6 Å². The van der Waals surface area contributed by atoms with Crippen LogP contribution in [0.25, 0.3) is 0 Å². The topological polar surface area (TPSA) is 15.3 Å². The molecule has 1 aromatic carbocycles. The first-order valence-corrected chi connectivity index (χ1v) is 8.18. The molecule has 2 nitrogen and oxygen atoms in total. The second-order valence-electron chi connectivity index (χ2n) is 6.43. The molecule has 1 aliphatic heterocycles. The average molecular weight is 274 g/mol. The van der Waals surface area contributed by atoms with Crippen LogP contribution in [0.15, 0.2) is 24.3 Å². The van der Waals surface area contributed by atoms with Crippen LogP contribution in [0, 0.1) is 6.92 Å². The number of benzene rings is 1. The van der Waals surface area contributed by atoms with Gasteiger partial charge in [0.05, 0.1) is 0 Å². The SMILES string of the molecule is Cc1cccc(CCC(C)NCC(C)N2CCCC2)c1. The molecule has 1 N–H and O–H groups in total. The predicted octanol–water partition coefficient (Wildman–Crippen LogP) is 3.39. The molecule has 20 heavy (non-hydrogen) atoms. The fourth-order valence-corrected chi connectivity index (χ4v) is 3.04. The third-order valence-electron chi connectivity index (χ3n) is 4.47. The van der Waals surface area contributed by atoms with Gasteiger partial charge in [-0.1, -0.05) is 29.8 Å². The minimum atomic E-state index is 0.598. The minimum Gasteiger partial charge on any atom is -0.313 e. The maximum absolute atomic E-state index is 3.70. The van der Waals surface area contributed by atoms with Crippen molar-refractivity contribution in [2.24, 2.45) is 0 Å². The molecule has 2 heteroatoms. The Morgan fingerprint density at radius 1 is 1.20 bits per heavy atom. The molecule has 1 fully saturated rings. The molecule has 0 saturated carbocycles. The number of nitrogens with zero attached hydrogens (tertiary/aromatic N) is 1. The summed E-state index contributed by atoms with van der Waals surface area (Å²) in [5, 5.41) is 3.70. The summed E-state index contributed by atoms with van der Waals surface area (Å²) in [5.74, 6) is 0. The second kappa shape index (κ2) is 7.80. The van der Waals surface area contributed by atoms with Gasteiger partial charge < -0.3 is 5.32 Å². The summed E-state index contributed by atoms with van der Waals surface area (Å²) < 4.78 is 0. The van der Waals surface area contributed by atoms with Gasteiger partial charge in [0.15, 0.2) is 0 Å². The van der Waals surface area contributed by atoms with E-state index in [0.717, 1.165) is 6.54 Å². The smallest absolute Gasteiger partial charge is 0.0192 e. The van der Waals surface area contributed by atoms with Gasteiger partial charge in [0.2, 0.25) is 0 Å². The van der Waals surface area contributed by atoms with Gasteiger partial charge in [0.25, 0.3) is 0 Å². The Kier molecular flexibility index (Phi) is 6.06. The van der Waals surface area contributed by atoms with Gasteiger partial charge in [-0.2, -0.15) is 0 Å². The highest BCUT2D eigenvalue weighted by Crippen LogP contribution is 2.11. The van der Waals surface area contributed by atoms with E-state index in [9.17, 15) is 0 Å². The summed E-state index contributed by atoms with van der Waals surface area (Å²) in [6, 6.07) is 10.2. The molecule has 0 radical (unpaired) electrons. The number of nitrogens with one attached hydrogen (secondary N) is 1. The van der Waals surface area contributed by atoms with Crippen LogP contribution in [0.2, 0.25) is 0 Å². The first-order chi connectivity index (χ1) is 9.65. The van der Waals surface area contributed by atoms with Crippen molar-refractivity contribution >= 4 is 0 Å². The van der Waals surface area contributed by atoms with E-state index >= 15 is 0 Å². The Balaban J connectivity index is 1.66. The lowest BCUT2D eigenvalue weighted by Gasteiger charge is -2.25. The zero-order valence-corrected chi connectivity index (χ0v) is 13.4. The first kappa shape index (κ1) is 15.5. The molecular weight excluding hydrogens is 244 g/mol. The first-order valence-electron chi connectivity index (χ1n) is 8.18. The Morgan fingerprint density at radius 2 is 1.95 bits per heavy atom. The fraction of sp³-hybridized carbons (Fsp3) is 0.667. The van der Waals surface area contributed by atoms with Crippen LogP contribution in [0.1, 0.15) is 44.2 Å². The molecule has 112 valence electrons. The number of rotatable bonds is 7. The summed E-state index contributed by atoms with van der Waals surface area (Å²) in [7, 11) is 0. The van der Waals surface area contributed by atoms with Crippen molar-refractivity contribution in [1.82, 2.24) is 10.2 Å². The van der Waals surface area contributed by atoms with E-state index in [1.54, 1.807) is 0 Å². The van der Waals surface area contributed by atoms with Gasteiger partial charge in [0, 0.05) is 18.6 Å². The molecule has 1 aromatic rings. The Bertz CT molecular complexity index is 396. The van der Waals surface area contributed by atoms with Crippen molar-refractivity contribution in [2.45, 2.75) is 58.5 Å². The van der Waals surface area contributed by atoms with Gasteiger partial charge in [-0.3, -0.25) is 4.90 Å². The number of likely N-dealkylation sites (tertiary alicyclic amines) is 1. The van der Waals surface area contributed by atoms with E-state index in [4.69, 9.17) is 0 Å². The van der Waals surface area contributed by atoms with Crippen LogP contribution in [-0.2, 0) is 6.42 Å². The van der Waals surface area contributed by atoms with E-state index in [1.165, 1.54) is 49.9 Å². The van der Waals surface area contributed by atoms with Gasteiger partial charge >= 0.3 is 0 Å². The highest BCUT2D eigenvalue weighted by atomic mass is 15.2. The van der Waals surface area contributed by atoms with Crippen LogP contribution < -0.4 is 5.32 Å². The summed E-state index contributed by atoms with van der Waals surface area (Å²) in [4.78, 5) is 2.61. The lowest BCUT2D eigenvalue weighted by molar-refractivity contribution is 0.246. The molecule has 0 aromatic heterocycles. The molecule has 1 heterocycles. The summed E-state index contributed by atoms with van der Waals surface area (Å²) in [6.07, 6.45) is 5.16. The second-order valence-corrected chi connectivity index (χ2v) is 6.43. The van der Waals surface area contributed by atoms with Crippen LogP contribution >= 0.6 is 0 Å². The van der Waals surface area contributed by atoms with Crippen molar-refractivity contribution in [3.8, 4) is 0 Å². The molecule has 1 aliphatic rings. The molecule has 1 saturated heterocycles. The zero-order valence-electron chi connectivity index (χ0n) is 13.4. The molecule has 2 unspecified atom stereocenters. The van der Waals surface area contributed by atoms with Crippen molar-refractivity contribution in [3.05, 3.63) is 35.4 Å². The molecule has 0 aliphatic carbocycles. The highest BCUT2D eigenvalue weighted by Gasteiger charge is 2.17. The van der Waals surface area contributed by atoms with Crippen molar-refractivity contribution in [1.29, 1.82) is 0 Å². The van der Waals surface area contributed by atoms with E-state index < -0.39 is 0 Å². The van der Waals surface area contributed by atoms with Crippen molar-refractivity contribution in [3.63, 3.8) is 0 Å². The van der Waals surface area contributed by atoms with Crippen LogP contribution in [0.5, 0.6) is 0 Å². The Morgan fingerprint density at radius 3 is 2.65 bits per heavy atom. The van der Waals surface area contributed by atoms with E-state index in [-0.39, 0.29) is 0 Å². The number of aryl methyl sites for hydroxylation is 2. The largest absolute Gasteiger partial charge is 0.313 e. The number of hydrogen-bond donors (Lipinski definition) is 1. The van der Waals surface area contributed by atoms with Crippen molar-refractivity contribution < 1.29 is 0 Å². The molecule has 2 rings (SSSR count). The van der Waals surface area contributed by atoms with Crippen LogP contribution in [0.3, 0.4) is 0 Å². The maximum Gasteiger partial charge on any atom is 0.0192 e. The van der Waals surface area contributed by atoms with E-state index in [2.05, 4.69) is 55.3 Å². The Hall–Kier alpha value is -0.860. The van der Waals surface area contributed by atoms with Gasteiger partial charge in [-0.05, 0) is 65.1 Å². The Labute approximate surface area is 124 Å².